The molecule has 2 aromatic heterocycles. The molecule has 4 aromatic rings. The third-order valence-electron chi connectivity index (χ3n) is 5.90. The second-order valence-electron chi connectivity index (χ2n) is 7.86. The number of phenols is 1. The van der Waals surface area contributed by atoms with E-state index >= 15 is 0 Å². The summed E-state index contributed by atoms with van der Waals surface area (Å²) in [6.45, 7) is 1.37. The van der Waals surface area contributed by atoms with Gasteiger partial charge >= 0.3 is 0 Å². The number of para-hydroxylation sites is 2. The first-order chi connectivity index (χ1) is 15.9. The Morgan fingerprint density at radius 3 is 2.61 bits per heavy atom. The van der Waals surface area contributed by atoms with Crippen molar-refractivity contribution in [2.75, 3.05) is 0 Å². The van der Waals surface area contributed by atoms with Gasteiger partial charge in [-0.1, -0.05) is 29.4 Å². The van der Waals surface area contributed by atoms with E-state index in [0.717, 1.165) is 0 Å². The molecule has 0 saturated heterocycles. The Bertz CT molecular complexity index is 1500. The van der Waals surface area contributed by atoms with Gasteiger partial charge in [0.25, 0.3) is 5.56 Å². The number of phenolic OH excluding ortho intramolecular Hbond substituents is 1. The smallest absolute Gasteiger partial charge is 0.263 e. The average molecular weight is 444 g/mol. The molecule has 0 radical (unpaired) electrons. The van der Waals surface area contributed by atoms with E-state index in [1.54, 1.807) is 49.5 Å². The molecule has 1 aliphatic rings. The molecular formula is C24H20N4O5. The van der Waals surface area contributed by atoms with Crippen LogP contribution in [0.4, 0.5) is 0 Å². The number of aromatic nitrogens is 2. The Morgan fingerprint density at radius 1 is 1.12 bits per heavy atom. The summed E-state index contributed by atoms with van der Waals surface area (Å²) in [7, 11) is 1.62. The first-order valence-electron chi connectivity index (χ1n) is 10.3. The second kappa shape index (κ2) is 7.63. The van der Waals surface area contributed by atoms with Gasteiger partial charge in [-0.05, 0) is 24.3 Å². The zero-order valence-electron chi connectivity index (χ0n) is 17.9. The molecule has 0 bridgehead atoms. The Morgan fingerprint density at radius 2 is 1.85 bits per heavy atom. The Hall–Kier alpha value is -4.40. The van der Waals surface area contributed by atoms with E-state index in [1.165, 1.54) is 28.8 Å². The summed E-state index contributed by atoms with van der Waals surface area (Å²) in [4.78, 5) is 25.6. The summed E-state index contributed by atoms with van der Waals surface area (Å²) in [6, 6.07) is 13.0. The van der Waals surface area contributed by atoms with E-state index in [2.05, 4.69) is 10.3 Å². The summed E-state index contributed by atoms with van der Waals surface area (Å²) in [5.41, 5.74) is 1.45. The van der Waals surface area contributed by atoms with Gasteiger partial charge in [-0.25, -0.2) is 5.01 Å². The third kappa shape index (κ3) is 3.16. The molecular weight excluding hydrogens is 424 g/mol. The van der Waals surface area contributed by atoms with E-state index in [-0.39, 0.29) is 35.1 Å². The van der Waals surface area contributed by atoms with Crippen molar-refractivity contribution in [3.8, 4) is 22.8 Å². The lowest BCUT2D eigenvalue weighted by Gasteiger charge is -2.19. The van der Waals surface area contributed by atoms with Crippen molar-refractivity contribution < 1.29 is 19.5 Å². The number of aromatic hydroxyl groups is 2. The maximum atomic E-state index is 13.1. The molecule has 0 saturated carbocycles. The van der Waals surface area contributed by atoms with Crippen molar-refractivity contribution in [2.24, 2.45) is 12.1 Å². The highest BCUT2D eigenvalue weighted by atomic mass is 16.5. The van der Waals surface area contributed by atoms with Gasteiger partial charge in [0, 0.05) is 31.3 Å². The van der Waals surface area contributed by atoms with Crippen LogP contribution in [-0.2, 0) is 11.8 Å². The van der Waals surface area contributed by atoms with Crippen molar-refractivity contribution in [2.45, 2.75) is 19.4 Å². The third-order valence-corrected chi connectivity index (χ3v) is 5.90. The van der Waals surface area contributed by atoms with E-state index in [9.17, 15) is 19.8 Å². The van der Waals surface area contributed by atoms with Crippen LogP contribution in [0.1, 0.15) is 30.5 Å². The molecule has 2 aromatic carbocycles. The molecule has 1 atom stereocenters. The molecule has 1 unspecified atom stereocenters. The van der Waals surface area contributed by atoms with Gasteiger partial charge in [-0.15, -0.1) is 0 Å². The van der Waals surface area contributed by atoms with Crippen LogP contribution in [0.5, 0.6) is 11.5 Å². The standard InChI is InChI=1S/C24H20N4O5/c1-13(29)28-19(16-12-25-33-23(16)15-8-4-6-10-20(15)30)11-17(26-28)21-22(31)14-7-3-5-9-18(14)27(2)24(21)32/h3-10,12,19,30-31H,11H2,1-2H3. The van der Waals surface area contributed by atoms with Gasteiger partial charge < -0.3 is 19.3 Å². The molecule has 2 N–H and O–H groups in total. The number of aryl methyl sites for hydroxylation is 1. The fourth-order valence-electron chi connectivity index (χ4n) is 4.29. The molecule has 9 nitrogen and oxygen atoms in total. The highest BCUT2D eigenvalue weighted by molar-refractivity contribution is 6.08. The summed E-state index contributed by atoms with van der Waals surface area (Å²) in [5, 5.41) is 31.3. The fraction of sp³-hybridized carbons (Fsp3) is 0.167. The quantitative estimate of drug-likeness (QED) is 0.500. The Kier molecular flexibility index (Phi) is 4.74. The second-order valence-corrected chi connectivity index (χ2v) is 7.86. The number of hydrazone groups is 1. The fourth-order valence-corrected chi connectivity index (χ4v) is 4.29. The molecule has 3 heterocycles. The Balaban J connectivity index is 1.64. The van der Waals surface area contributed by atoms with E-state index < -0.39 is 11.6 Å². The van der Waals surface area contributed by atoms with Gasteiger partial charge in [0.1, 0.15) is 17.1 Å². The van der Waals surface area contributed by atoms with Crippen LogP contribution < -0.4 is 5.56 Å². The van der Waals surface area contributed by atoms with Crippen molar-refractivity contribution >= 4 is 22.5 Å². The molecule has 0 spiro atoms. The van der Waals surface area contributed by atoms with Crippen molar-refractivity contribution in [3.05, 3.63) is 76.2 Å². The highest BCUT2D eigenvalue weighted by Crippen LogP contribution is 2.41. The molecule has 5 rings (SSSR count). The van der Waals surface area contributed by atoms with Crippen LogP contribution in [0, 0.1) is 0 Å². The first kappa shape index (κ1) is 20.5. The van der Waals surface area contributed by atoms with Gasteiger partial charge in [0.05, 0.1) is 29.0 Å². The molecule has 166 valence electrons. The zero-order valence-corrected chi connectivity index (χ0v) is 17.9. The largest absolute Gasteiger partial charge is 0.507 e. The molecule has 9 heteroatoms. The predicted molar refractivity (Wildman–Crippen MR) is 121 cm³/mol. The monoisotopic (exact) mass is 444 g/mol. The van der Waals surface area contributed by atoms with Crippen LogP contribution in [0.3, 0.4) is 0 Å². The number of nitrogens with zero attached hydrogens (tertiary/aromatic N) is 4. The minimum absolute atomic E-state index is 0.00468. The number of carbonyl (C=O) groups excluding carboxylic acids is 1. The van der Waals surface area contributed by atoms with Gasteiger partial charge in [0.15, 0.2) is 5.76 Å². The predicted octanol–water partition coefficient (Wildman–Crippen LogP) is 3.30. The average Bonchev–Trinajstić information content (AvgIpc) is 3.45. The van der Waals surface area contributed by atoms with Gasteiger partial charge in [-0.2, -0.15) is 5.10 Å². The number of rotatable bonds is 3. The van der Waals surface area contributed by atoms with E-state index in [4.69, 9.17) is 4.52 Å². The number of hydrogen-bond donors (Lipinski definition) is 2. The number of fused-ring (bicyclic) bond motifs is 1. The summed E-state index contributed by atoms with van der Waals surface area (Å²) in [6.07, 6.45) is 1.63. The topological polar surface area (TPSA) is 121 Å². The normalized spacial score (nSPS) is 15.8. The van der Waals surface area contributed by atoms with E-state index in [0.29, 0.717) is 27.8 Å². The van der Waals surface area contributed by atoms with Crippen molar-refractivity contribution in [1.82, 2.24) is 14.7 Å². The maximum absolute atomic E-state index is 13.1. The van der Waals surface area contributed by atoms with Gasteiger partial charge in [0.2, 0.25) is 5.91 Å². The van der Waals surface area contributed by atoms with E-state index in [1.807, 2.05) is 0 Å². The summed E-state index contributed by atoms with van der Waals surface area (Å²) in [5.74, 6) is -0.221. The minimum Gasteiger partial charge on any atom is -0.507 e. The van der Waals surface area contributed by atoms with Crippen molar-refractivity contribution in [1.29, 1.82) is 0 Å². The summed E-state index contributed by atoms with van der Waals surface area (Å²) < 4.78 is 6.87. The SMILES string of the molecule is CC(=O)N1N=C(c2c(O)c3ccccc3n(C)c2=O)CC1c1cnoc1-c1ccccc1O. The van der Waals surface area contributed by atoms with Gasteiger partial charge in [-0.3, -0.25) is 9.59 Å². The maximum Gasteiger partial charge on any atom is 0.263 e. The van der Waals surface area contributed by atoms with Crippen LogP contribution in [0.2, 0.25) is 0 Å². The molecule has 1 amide bonds. The van der Waals surface area contributed by atoms with Crippen LogP contribution in [0.25, 0.3) is 22.2 Å². The molecule has 0 fully saturated rings. The minimum atomic E-state index is -0.631. The molecule has 1 aliphatic heterocycles. The number of hydrogen-bond acceptors (Lipinski definition) is 7. The number of pyridine rings is 1. The lowest BCUT2D eigenvalue weighted by Crippen LogP contribution is -2.25. The molecule has 0 aliphatic carbocycles. The highest BCUT2D eigenvalue weighted by Gasteiger charge is 2.37. The number of amides is 1. The zero-order chi connectivity index (χ0) is 23.3. The number of benzene rings is 2. The lowest BCUT2D eigenvalue weighted by atomic mass is 9.96. The van der Waals surface area contributed by atoms with Crippen molar-refractivity contribution in [3.63, 3.8) is 0 Å². The Labute approximate surface area is 187 Å². The number of carbonyl (C=O) groups is 1. The van der Waals surface area contributed by atoms with Crippen LogP contribution in [-0.4, -0.2) is 36.6 Å². The molecule has 33 heavy (non-hydrogen) atoms. The first-order valence-corrected chi connectivity index (χ1v) is 10.3. The summed E-state index contributed by atoms with van der Waals surface area (Å²) >= 11 is 0. The van der Waals surface area contributed by atoms with Crippen LogP contribution >= 0.6 is 0 Å². The van der Waals surface area contributed by atoms with Crippen LogP contribution in [0.15, 0.2) is 69.1 Å². The lowest BCUT2D eigenvalue weighted by molar-refractivity contribution is -0.130.